The number of hydrogen-bond donors (Lipinski definition) is 1. The molecule has 0 amide bonds. The van der Waals surface area contributed by atoms with Crippen LogP contribution in [0.3, 0.4) is 0 Å². The molecule has 0 saturated carbocycles. The molecule has 0 aliphatic carbocycles. The van der Waals surface area contributed by atoms with E-state index in [0.717, 1.165) is 6.07 Å². The standard InChI is InChI=1S/C9H9NO5/c1-14-7-6(8(11)12)3-5(4-10-7)9(13)15-2/h3-4H,1-2H3,(H,11,12). The molecule has 1 aromatic rings. The minimum absolute atomic E-state index is 0.0462. The molecule has 1 aromatic heterocycles. The van der Waals surface area contributed by atoms with Gasteiger partial charge in [-0.1, -0.05) is 0 Å². The summed E-state index contributed by atoms with van der Waals surface area (Å²) in [5, 5.41) is 8.80. The van der Waals surface area contributed by atoms with Crippen molar-refractivity contribution in [3.63, 3.8) is 0 Å². The van der Waals surface area contributed by atoms with Crippen LogP contribution in [0, 0.1) is 0 Å². The van der Waals surface area contributed by atoms with E-state index in [1.165, 1.54) is 20.4 Å². The zero-order chi connectivity index (χ0) is 11.4. The molecular formula is C9H9NO5. The van der Waals surface area contributed by atoms with E-state index in [2.05, 4.69) is 9.72 Å². The average Bonchev–Trinajstić information content (AvgIpc) is 2.27. The number of esters is 1. The molecule has 0 atom stereocenters. The topological polar surface area (TPSA) is 85.7 Å². The van der Waals surface area contributed by atoms with Crippen LogP contribution in [-0.4, -0.2) is 36.2 Å². The van der Waals surface area contributed by atoms with Gasteiger partial charge in [0.05, 0.1) is 19.8 Å². The number of aromatic nitrogens is 1. The molecule has 0 saturated heterocycles. The van der Waals surface area contributed by atoms with Gasteiger partial charge in [0, 0.05) is 6.20 Å². The fourth-order valence-electron chi connectivity index (χ4n) is 0.998. The summed E-state index contributed by atoms with van der Waals surface area (Å²) in [6, 6.07) is 1.15. The van der Waals surface area contributed by atoms with Gasteiger partial charge in [-0.3, -0.25) is 0 Å². The van der Waals surface area contributed by atoms with Gasteiger partial charge in [-0.15, -0.1) is 0 Å². The van der Waals surface area contributed by atoms with Crippen LogP contribution in [0.15, 0.2) is 12.3 Å². The second-order valence-electron chi connectivity index (χ2n) is 2.58. The summed E-state index contributed by atoms with van der Waals surface area (Å²) in [4.78, 5) is 25.5. The highest BCUT2D eigenvalue weighted by atomic mass is 16.5. The molecule has 0 bridgehead atoms. The van der Waals surface area contributed by atoms with Crippen molar-refractivity contribution in [3.8, 4) is 5.88 Å². The minimum Gasteiger partial charge on any atom is -0.480 e. The Kier molecular flexibility index (Phi) is 3.22. The number of carboxylic acids is 1. The summed E-state index contributed by atoms with van der Waals surface area (Å²) < 4.78 is 9.16. The molecule has 15 heavy (non-hydrogen) atoms. The van der Waals surface area contributed by atoms with Gasteiger partial charge in [0.25, 0.3) is 0 Å². The maximum Gasteiger partial charge on any atom is 0.341 e. The summed E-state index contributed by atoms with van der Waals surface area (Å²) in [6.45, 7) is 0. The van der Waals surface area contributed by atoms with Gasteiger partial charge in [0.2, 0.25) is 5.88 Å². The predicted octanol–water partition coefficient (Wildman–Crippen LogP) is 0.575. The number of pyridine rings is 1. The van der Waals surface area contributed by atoms with Crippen LogP contribution in [0.4, 0.5) is 0 Å². The summed E-state index contributed by atoms with van der Waals surface area (Å²) >= 11 is 0. The van der Waals surface area contributed by atoms with Gasteiger partial charge in [-0.05, 0) is 6.07 Å². The number of hydrogen-bond acceptors (Lipinski definition) is 5. The van der Waals surface area contributed by atoms with Crippen molar-refractivity contribution < 1.29 is 24.2 Å². The summed E-state index contributed by atoms with van der Waals surface area (Å²) in [6.07, 6.45) is 1.19. The number of ether oxygens (including phenoxy) is 2. The van der Waals surface area contributed by atoms with Crippen LogP contribution in [0.25, 0.3) is 0 Å². The van der Waals surface area contributed by atoms with Crippen molar-refractivity contribution in [1.82, 2.24) is 4.98 Å². The summed E-state index contributed by atoms with van der Waals surface area (Å²) in [5.74, 6) is -1.91. The molecule has 0 unspecified atom stereocenters. The quantitative estimate of drug-likeness (QED) is 0.736. The second kappa shape index (κ2) is 4.41. The lowest BCUT2D eigenvalue weighted by atomic mass is 10.2. The van der Waals surface area contributed by atoms with Crippen molar-refractivity contribution in [3.05, 3.63) is 23.4 Å². The Morgan fingerprint density at radius 3 is 2.53 bits per heavy atom. The van der Waals surface area contributed by atoms with Gasteiger partial charge in [0.1, 0.15) is 5.56 Å². The minimum atomic E-state index is -1.22. The number of rotatable bonds is 3. The largest absolute Gasteiger partial charge is 0.480 e. The van der Waals surface area contributed by atoms with Crippen LogP contribution in [0.1, 0.15) is 20.7 Å². The van der Waals surface area contributed by atoms with Gasteiger partial charge in [-0.2, -0.15) is 0 Å². The SMILES string of the molecule is COC(=O)c1cnc(OC)c(C(=O)O)c1. The van der Waals surface area contributed by atoms with Crippen molar-refractivity contribution in [2.24, 2.45) is 0 Å². The molecule has 80 valence electrons. The first-order valence-electron chi connectivity index (χ1n) is 3.95. The summed E-state index contributed by atoms with van der Waals surface area (Å²) in [5.41, 5.74) is -0.115. The maximum absolute atomic E-state index is 11.1. The van der Waals surface area contributed by atoms with Gasteiger partial charge in [0.15, 0.2) is 0 Å². The number of aromatic carboxylic acids is 1. The van der Waals surface area contributed by atoms with Crippen molar-refractivity contribution in [2.45, 2.75) is 0 Å². The molecule has 0 spiro atoms. The zero-order valence-corrected chi connectivity index (χ0v) is 8.18. The second-order valence-corrected chi connectivity index (χ2v) is 2.58. The first-order valence-corrected chi connectivity index (χ1v) is 3.95. The van der Waals surface area contributed by atoms with Crippen molar-refractivity contribution >= 4 is 11.9 Å². The highest BCUT2D eigenvalue weighted by molar-refractivity contribution is 5.95. The molecule has 1 heterocycles. The van der Waals surface area contributed by atoms with Crippen LogP contribution < -0.4 is 4.74 Å². The molecule has 6 heteroatoms. The molecule has 1 N–H and O–H groups in total. The van der Waals surface area contributed by atoms with Crippen LogP contribution in [-0.2, 0) is 4.74 Å². The Morgan fingerprint density at radius 2 is 2.07 bits per heavy atom. The lowest BCUT2D eigenvalue weighted by molar-refractivity contribution is 0.0600. The molecule has 0 aliphatic heterocycles. The Morgan fingerprint density at radius 1 is 1.40 bits per heavy atom. The lowest BCUT2D eigenvalue weighted by Gasteiger charge is -2.04. The van der Waals surface area contributed by atoms with E-state index < -0.39 is 11.9 Å². The summed E-state index contributed by atoms with van der Waals surface area (Å²) in [7, 11) is 2.50. The number of methoxy groups -OCH3 is 2. The number of carbonyl (C=O) groups excluding carboxylic acids is 1. The average molecular weight is 211 g/mol. The van der Waals surface area contributed by atoms with Crippen LogP contribution in [0.2, 0.25) is 0 Å². The lowest BCUT2D eigenvalue weighted by Crippen LogP contribution is -2.08. The van der Waals surface area contributed by atoms with E-state index in [4.69, 9.17) is 9.84 Å². The molecular weight excluding hydrogens is 202 g/mol. The maximum atomic E-state index is 11.1. The van der Waals surface area contributed by atoms with E-state index >= 15 is 0 Å². The fourth-order valence-corrected chi connectivity index (χ4v) is 0.998. The Balaban J connectivity index is 3.22. The highest BCUT2D eigenvalue weighted by Gasteiger charge is 2.16. The zero-order valence-electron chi connectivity index (χ0n) is 8.18. The Hall–Kier alpha value is -2.11. The number of nitrogens with zero attached hydrogens (tertiary/aromatic N) is 1. The third-order valence-corrected chi connectivity index (χ3v) is 1.70. The first kappa shape index (κ1) is 11.0. The van der Waals surface area contributed by atoms with E-state index in [9.17, 15) is 9.59 Å². The third kappa shape index (κ3) is 2.22. The molecule has 1 rings (SSSR count). The smallest absolute Gasteiger partial charge is 0.341 e. The molecule has 0 radical (unpaired) electrons. The number of carbonyl (C=O) groups is 2. The van der Waals surface area contributed by atoms with Crippen molar-refractivity contribution in [1.29, 1.82) is 0 Å². The molecule has 0 fully saturated rings. The van der Waals surface area contributed by atoms with Crippen molar-refractivity contribution in [2.75, 3.05) is 14.2 Å². The van der Waals surface area contributed by atoms with Gasteiger partial charge in [-0.25, -0.2) is 14.6 Å². The fraction of sp³-hybridized carbons (Fsp3) is 0.222. The first-order chi connectivity index (χ1) is 7.10. The molecule has 0 aromatic carbocycles. The molecule has 0 aliphatic rings. The Bertz CT molecular complexity index is 401. The number of carboxylic acid groups (broad SMARTS) is 1. The highest BCUT2D eigenvalue weighted by Crippen LogP contribution is 2.16. The van der Waals surface area contributed by atoms with E-state index in [0.29, 0.717) is 0 Å². The van der Waals surface area contributed by atoms with Crippen LogP contribution in [0.5, 0.6) is 5.88 Å². The van der Waals surface area contributed by atoms with E-state index in [-0.39, 0.29) is 17.0 Å². The molecule has 6 nitrogen and oxygen atoms in total. The van der Waals surface area contributed by atoms with E-state index in [1.54, 1.807) is 0 Å². The van der Waals surface area contributed by atoms with Gasteiger partial charge >= 0.3 is 11.9 Å². The monoisotopic (exact) mass is 211 g/mol. The predicted molar refractivity (Wildman–Crippen MR) is 49.1 cm³/mol. The third-order valence-electron chi connectivity index (χ3n) is 1.70. The normalized spacial score (nSPS) is 9.47. The van der Waals surface area contributed by atoms with Crippen LogP contribution >= 0.6 is 0 Å². The van der Waals surface area contributed by atoms with E-state index in [1.807, 2.05) is 0 Å². The Labute approximate surface area is 85.5 Å². The van der Waals surface area contributed by atoms with Gasteiger partial charge < -0.3 is 14.6 Å².